The molecule has 0 radical (unpaired) electrons. The summed E-state index contributed by atoms with van der Waals surface area (Å²) in [6, 6.07) is 10.5. The molecule has 5 nitrogen and oxygen atoms in total. The molecule has 1 aliphatic heterocycles. The molecule has 1 heterocycles. The third kappa shape index (κ3) is 4.42. The Kier molecular flexibility index (Phi) is 5.69. The fraction of sp³-hybridized carbons (Fsp3) is 0.300. The Labute approximate surface area is 156 Å². The molecule has 0 atom stereocenters. The van der Waals surface area contributed by atoms with E-state index in [2.05, 4.69) is 0 Å². The number of aryl methyl sites for hydroxylation is 1. The maximum absolute atomic E-state index is 13.7. The molecule has 2 amide bonds. The van der Waals surface area contributed by atoms with Crippen LogP contribution in [0.3, 0.4) is 0 Å². The molecule has 0 bridgehead atoms. The van der Waals surface area contributed by atoms with Gasteiger partial charge in [-0.3, -0.25) is 9.59 Å². The lowest BCUT2D eigenvalue weighted by Gasteiger charge is -2.34. The van der Waals surface area contributed by atoms with Gasteiger partial charge in [-0.2, -0.15) is 0 Å². The summed E-state index contributed by atoms with van der Waals surface area (Å²) in [4.78, 5) is 27.9. The predicted molar refractivity (Wildman–Crippen MR) is 96.6 cm³/mol. The van der Waals surface area contributed by atoms with Gasteiger partial charge < -0.3 is 14.5 Å². The zero-order chi connectivity index (χ0) is 19.4. The van der Waals surface area contributed by atoms with Gasteiger partial charge in [-0.05, 0) is 30.2 Å². The van der Waals surface area contributed by atoms with Crippen molar-refractivity contribution in [1.82, 2.24) is 4.90 Å². The molecule has 0 unspecified atom stereocenters. The Bertz CT molecular complexity index is 857. The molecular weight excluding hydrogens is 354 g/mol. The average molecular weight is 374 g/mol. The van der Waals surface area contributed by atoms with Crippen molar-refractivity contribution in [3.63, 3.8) is 0 Å². The third-order valence-corrected chi connectivity index (χ3v) is 4.56. The van der Waals surface area contributed by atoms with Gasteiger partial charge in [0.25, 0.3) is 0 Å². The molecule has 1 aliphatic rings. The summed E-state index contributed by atoms with van der Waals surface area (Å²) in [6.07, 6.45) is 0.226. The van der Waals surface area contributed by atoms with Gasteiger partial charge in [0, 0.05) is 37.3 Å². The van der Waals surface area contributed by atoms with Crippen LogP contribution in [0.25, 0.3) is 0 Å². The molecule has 0 aromatic heterocycles. The van der Waals surface area contributed by atoms with Crippen LogP contribution in [-0.2, 0) is 16.0 Å². The van der Waals surface area contributed by atoms with Crippen LogP contribution >= 0.6 is 0 Å². The molecule has 7 heteroatoms. The highest BCUT2D eigenvalue weighted by atomic mass is 19.1. The Hall–Kier alpha value is -2.96. The van der Waals surface area contributed by atoms with Crippen molar-refractivity contribution in [3.8, 4) is 5.75 Å². The number of hydrogen-bond donors (Lipinski definition) is 0. The molecule has 2 aromatic carbocycles. The lowest BCUT2D eigenvalue weighted by atomic mass is 10.1. The molecule has 3 rings (SSSR count). The molecule has 0 aliphatic carbocycles. The minimum Gasteiger partial charge on any atom is -0.497 e. The van der Waals surface area contributed by atoms with Gasteiger partial charge in [-0.15, -0.1) is 0 Å². The Morgan fingerprint density at radius 1 is 1.15 bits per heavy atom. The van der Waals surface area contributed by atoms with Gasteiger partial charge >= 0.3 is 0 Å². The van der Waals surface area contributed by atoms with E-state index in [4.69, 9.17) is 4.74 Å². The highest BCUT2D eigenvalue weighted by Gasteiger charge is 2.28. The molecule has 27 heavy (non-hydrogen) atoms. The highest BCUT2D eigenvalue weighted by molar-refractivity contribution is 5.98. The Morgan fingerprint density at radius 2 is 1.96 bits per heavy atom. The predicted octanol–water partition coefficient (Wildman–Crippen LogP) is 2.78. The second kappa shape index (κ2) is 8.16. The fourth-order valence-corrected chi connectivity index (χ4v) is 3.06. The Balaban J connectivity index is 1.58. The summed E-state index contributed by atoms with van der Waals surface area (Å²) in [5, 5.41) is 0. The van der Waals surface area contributed by atoms with Crippen LogP contribution in [0.5, 0.6) is 5.75 Å². The number of carbonyl (C=O) groups is 2. The van der Waals surface area contributed by atoms with E-state index < -0.39 is 11.6 Å². The van der Waals surface area contributed by atoms with Gasteiger partial charge in [0.1, 0.15) is 23.9 Å². The lowest BCUT2D eigenvalue weighted by Crippen LogP contribution is -2.52. The van der Waals surface area contributed by atoms with Crippen molar-refractivity contribution in [3.05, 3.63) is 59.7 Å². The van der Waals surface area contributed by atoms with E-state index in [9.17, 15) is 18.4 Å². The number of carbonyl (C=O) groups excluding carboxylic acids is 2. The van der Waals surface area contributed by atoms with Gasteiger partial charge in [0.15, 0.2) is 0 Å². The first kappa shape index (κ1) is 18.8. The van der Waals surface area contributed by atoms with Crippen LogP contribution in [0.2, 0.25) is 0 Å². The summed E-state index contributed by atoms with van der Waals surface area (Å²) in [5.41, 5.74) is 1.01. The number of amides is 2. The number of halogens is 2. The van der Waals surface area contributed by atoms with Gasteiger partial charge in [0.05, 0.1) is 7.11 Å². The summed E-state index contributed by atoms with van der Waals surface area (Å²) < 4.78 is 31.8. The molecular formula is C20H20F2N2O3. The van der Waals surface area contributed by atoms with Crippen molar-refractivity contribution in [2.24, 2.45) is 0 Å². The molecule has 1 fully saturated rings. The number of anilines is 1. The van der Waals surface area contributed by atoms with Crippen molar-refractivity contribution in [1.29, 1.82) is 0 Å². The van der Waals surface area contributed by atoms with E-state index in [-0.39, 0.29) is 36.8 Å². The largest absolute Gasteiger partial charge is 0.497 e. The van der Waals surface area contributed by atoms with Gasteiger partial charge in [-0.25, -0.2) is 8.78 Å². The minimum atomic E-state index is -0.665. The van der Waals surface area contributed by atoms with E-state index in [0.717, 1.165) is 11.8 Å². The summed E-state index contributed by atoms with van der Waals surface area (Å²) in [5.74, 6) is -1.07. The maximum atomic E-state index is 13.7. The molecule has 0 spiro atoms. The van der Waals surface area contributed by atoms with E-state index >= 15 is 0 Å². The molecule has 0 N–H and O–H groups in total. The van der Waals surface area contributed by atoms with Crippen molar-refractivity contribution in [2.45, 2.75) is 12.8 Å². The van der Waals surface area contributed by atoms with E-state index in [1.807, 2.05) is 6.07 Å². The Morgan fingerprint density at radius 3 is 2.67 bits per heavy atom. The average Bonchev–Trinajstić information content (AvgIpc) is 2.67. The van der Waals surface area contributed by atoms with Gasteiger partial charge in [-0.1, -0.05) is 12.1 Å². The second-order valence-corrected chi connectivity index (χ2v) is 6.30. The topological polar surface area (TPSA) is 49.9 Å². The molecule has 2 aromatic rings. The van der Waals surface area contributed by atoms with Crippen LogP contribution in [0.1, 0.15) is 12.0 Å². The number of piperazine rings is 1. The first-order valence-corrected chi connectivity index (χ1v) is 8.64. The van der Waals surface area contributed by atoms with Crippen molar-refractivity contribution in [2.75, 3.05) is 31.6 Å². The summed E-state index contributed by atoms with van der Waals surface area (Å²) in [6.45, 7) is 0.748. The molecule has 142 valence electrons. The third-order valence-electron chi connectivity index (χ3n) is 4.56. The summed E-state index contributed by atoms with van der Waals surface area (Å²) in [7, 11) is 1.56. The number of benzene rings is 2. The monoisotopic (exact) mass is 374 g/mol. The smallest absolute Gasteiger partial charge is 0.246 e. The minimum absolute atomic E-state index is 0.0259. The molecule has 0 saturated carbocycles. The zero-order valence-corrected chi connectivity index (χ0v) is 15.0. The standard InChI is InChI=1S/C20H20F2N2O3/c1-27-17-4-2-3-16(12-17)24-10-9-23(13-20(24)26)19(25)8-6-14-5-7-15(21)11-18(14)22/h2-5,7,11-12H,6,8-10,13H2,1H3. The summed E-state index contributed by atoms with van der Waals surface area (Å²) >= 11 is 0. The highest BCUT2D eigenvalue weighted by Crippen LogP contribution is 2.23. The van der Waals surface area contributed by atoms with Crippen LogP contribution in [0, 0.1) is 11.6 Å². The number of ether oxygens (including phenoxy) is 1. The van der Waals surface area contributed by atoms with E-state index in [1.165, 1.54) is 17.0 Å². The van der Waals surface area contributed by atoms with Crippen LogP contribution in [0.15, 0.2) is 42.5 Å². The van der Waals surface area contributed by atoms with Crippen LogP contribution in [0.4, 0.5) is 14.5 Å². The van der Waals surface area contributed by atoms with Crippen molar-refractivity contribution >= 4 is 17.5 Å². The van der Waals surface area contributed by atoms with E-state index in [0.29, 0.717) is 18.8 Å². The normalized spacial score (nSPS) is 14.4. The maximum Gasteiger partial charge on any atom is 0.246 e. The SMILES string of the molecule is COc1cccc(N2CCN(C(=O)CCc3ccc(F)cc3F)CC2=O)c1. The second-order valence-electron chi connectivity index (χ2n) is 6.30. The quantitative estimate of drug-likeness (QED) is 0.809. The van der Waals surface area contributed by atoms with Gasteiger partial charge in [0.2, 0.25) is 11.8 Å². The molecule has 1 saturated heterocycles. The van der Waals surface area contributed by atoms with Crippen LogP contribution < -0.4 is 9.64 Å². The first-order chi connectivity index (χ1) is 13.0. The number of rotatable bonds is 5. The van der Waals surface area contributed by atoms with Crippen molar-refractivity contribution < 1.29 is 23.1 Å². The zero-order valence-electron chi connectivity index (χ0n) is 15.0. The number of hydrogen-bond acceptors (Lipinski definition) is 3. The number of methoxy groups -OCH3 is 1. The van der Waals surface area contributed by atoms with E-state index in [1.54, 1.807) is 30.2 Å². The number of nitrogens with zero attached hydrogens (tertiary/aromatic N) is 2. The first-order valence-electron chi connectivity index (χ1n) is 8.64. The fourth-order valence-electron chi connectivity index (χ4n) is 3.06. The van der Waals surface area contributed by atoms with Crippen LogP contribution in [-0.4, -0.2) is 43.5 Å². The lowest BCUT2D eigenvalue weighted by molar-refractivity contribution is -0.136.